The van der Waals surface area contributed by atoms with Crippen molar-refractivity contribution in [2.24, 2.45) is 5.90 Å². The van der Waals surface area contributed by atoms with Gasteiger partial charge < -0.3 is 4.84 Å². The van der Waals surface area contributed by atoms with Crippen LogP contribution in [0.5, 0.6) is 0 Å². The maximum atomic E-state index is 4.98. The maximum Gasteiger partial charge on any atom is 0.0776 e. The van der Waals surface area contributed by atoms with Crippen LogP contribution in [0.3, 0.4) is 0 Å². The molecule has 11 heavy (non-hydrogen) atoms. The highest BCUT2D eigenvalue weighted by atomic mass is 16.6. The van der Waals surface area contributed by atoms with E-state index in [4.69, 9.17) is 5.90 Å². The summed E-state index contributed by atoms with van der Waals surface area (Å²) in [4.78, 5) is 4.61. The van der Waals surface area contributed by atoms with Crippen LogP contribution in [0.25, 0.3) is 0 Å². The Labute approximate surface area is 65.9 Å². The summed E-state index contributed by atoms with van der Waals surface area (Å²) in [6, 6.07) is 1.90. The van der Waals surface area contributed by atoms with E-state index in [9.17, 15) is 0 Å². The first-order valence-electron chi connectivity index (χ1n) is 3.66. The molecule has 0 saturated carbocycles. The number of rotatable bonds is 4. The summed E-state index contributed by atoms with van der Waals surface area (Å²) in [5.74, 6) is 4.98. The Balaban J connectivity index is 2.23. The van der Waals surface area contributed by atoms with Crippen LogP contribution in [0.1, 0.15) is 13.3 Å². The Kier molecular flexibility index (Phi) is 3.07. The average molecular weight is 155 g/mol. The van der Waals surface area contributed by atoms with Gasteiger partial charge in [-0.3, -0.25) is 4.68 Å². The van der Waals surface area contributed by atoms with Crippen molar-refractivity contribution in [1.82, 2.24) is 9.78 Å². The summed E-state index contributed by atoms with van der Waals surface area (Å²) in [6.07, 6.45) is 4.66. The Bertz CT molecular complexity index is 186. The number of nitrogens with two attached hydrogens (primary N) is 1. The number of hydrogen-bond acceptors (Lipinski definition) is 3. The molecule has 1 unspecified atom stereocenters. The highest BCUT2D eigenvalue weighted by molar-refractivity contribution is 4.77. The molecule has 62 valence electrons. The van der Waals surface area contributed by atoms with Crippen LogP contribution in [-0.4, -0.2) is 15.9 Å². The topological polar surface area (TPSA) is 53.1 Å². The Hall–Kier alpha value is -0.870. The minimum absolute atomic E-state index is 0.0965. The molecule has 1 atom stereocenters. The van der Waals surface area contributed by atoms with Gasteiger partial charge in [-0.25, -0.2) is 5.90 Å². The van der Waals surface area contributed by atoms with Crippen LogP contribution in [0.2, 0.25) is 0 Å². The van der Waals surface area contributed by atoms with E-state index in [2.05, 4.69) is 9.94 Å². The second kappa shape index (κ2) is 4.10. The summed E-state index contributed by atoms with van der Waals surface area (Å²) >= 11 is 0. The standard InChI is InChI=1S/C7H13N3O/c1-7(11-8)3-6-10-5-2-4-9-10/h2,4-5,7H,3,6,8H2,1H3. The van der Waals surface area contributed by atoms with Gasteiger partial charge in [0, 0.05) is 18.9 Å². The first kappa shape index (κ1) is 8.23. The lowest BCUT2D eigenvalue weighted by atomic mass is 10.3. The summed E-state index contributed by atoms with van der Waals surface area (Å²) in [5, 5.41) is 4.04. The van der Waals surface area contributed by atoms with Crippen molar-refractivity contribution < 1.29 is 4.84 Å². The van der Waals surface area contributed by atoms with E-state index in [0.29, 0.717) is 0 Å². The van der Waals surface area contributed by atoms with Crippen LogP contribution >= 0.6 is 0 Å². The smallest absolute Gasteiger partial charge is 0.0776 e. The molecule has 1 aromatic rings. The molecular formula is C7H13N3O. The molecule has 0 bridgehead atoms. The van der Waals surface area contributed by atoms with E-state index in [1.807, 2.05) is 23.9 Å². The average Bonchev–Trinajstić information content (AvgIpc) is 2.52. The molecule has 0 aliphatic rings. The van der Waals surface area contributed by atoms with E-state index in [1.165, 1.54) is 0 Å². The van der Waals surface area contributed by atoms with Crippen LogP contribution in [0.15, 0.2) is 18.5 Å². The molecule has 1 heterocycles. The lowest BCUT2D eigenvalue weighted by Gasteiger charge is -2.07. The van der Waals surface area contributed by atoms with Crippen LogP contribution < -0.4 is 5.90 Å². The minimum Gasteiger partial charge on any atom is -0.302 e. The molecular weight excluding hydrogens is 142 g/mol. The van der Waals surface area contributed by atoms with Crippen LogP contribution in [0, 0.1) is 0 Å². The van der Waals surface area contributed by atoms with Crippen LogP contribution in [-0.2, 0) is 11.4 Å². The van der Waals surface area contributed by atoms with Crippen molar-refractivity contribution in [1.29, 1.82) is 0 Å². The largest absolute Gasteiger partial charge is 0.302 e. The molecule has 4 heteroatoms. The molecule has 0 spiro atoms. The van der Waals surface area contributed by atoms with E-state index < -0.39 is 0 Å². The van der Waals surface area contributed by atoms with E-state index >= 15 is 0 Å². The Morgan fingerprint density at radius 1 is 1.73 bits per heavy atom. The molecule has 0 aliphatic heterocycles. The first-order chi connectivity index (χ1) is 5.33. The molecule has 0 fully saturated rings. The second-order valence-electron chi connectivity index (χ2n) is 2.50. The third-order valence-electron chi connectivity index (χ3n) is 1.56. The molecule has 0 amide bonds. The van der Waals surface area contributed by atoms with Gasteiger partial charge in [-0.15, -0.1) is 0 Å². The van der Waals surface area contributed by atoms with E-state index in [1.54, 1.807) is 6.20 Å². The lowest BCUT2D eigenvalue weighted by Crippen LogP contribution is -2.15. The molecule has 1 rings (SSSR count). The van der Waals surface area contributed by atoms with Gasteiger partial charge in [-0.2, -0.15) is 5.10 Å². The SMILES string of the molecule is CC(CCn1cccn1)ON. The number of hydrogen-bond donors (Lipinski definition) is 1. The van der Waals surface area contributed by atoms with Gasteiger partial charge in [0.25, 0.3) is 0 Å². The molecule has 2 N–H and O–H groups in total. The molecule has 0 aliphatic carbocycles. The van der Waals surface area contributed by atoms with Crippen LogP contribution in [0.4, 0.5) is 0 Å². The number of nitrogens with zero attached hydrogens (tertiary/aromatic N) is 2. The van der Waals surface area contributed by atoms with Gasteiger partial charge in [-0.1, -0.05) is 0 Å². The summed E-state index contributed by atoms with van der Waals surface area (Å²) in [6.45, 7) is 2.79. The van der Waals surface area contributed by atoms with E-state index in [0.717, 1.165) is 13.0 Å². The monoisotopic (exact) mass is 155 g/mol. The van der Waals surface area contributed by atoms with E-state index in [-0.39, 0.29) is 6.10 Å². The summed E-state index contributed by atoms with van der Waals surface area (Å²) in [5.41, 5.74) is 0. The third kappa shape index (κ3) is 2.69. The van der Waals surface area contributed by atoms with Crippen molar-refractivity contribution in [3.8, 4) is 0 Å². The van der Waals surface area contributed by atoms with Gasteiger partial charge in [0.1, 0.15) is 0 Å². The summed E-state index contributed by atoms with van der Waals surface area (Å²) in [7, 11) is 0. The zero-order valence-electron chi connectivity index (χ0n) is 6.60. The fourth-order valence-corrected chi connectivity index (χ4v) is 0.815. The number of aryl methyl sites for hydroxylation is 1. The molecule has 0 saturated heterocycles. The van der Waals surface area contributed by atoms with Gasteiger partial charge in [0.15, 0.2) is 0 Å². The number of aromatic nitrogens is 2. The molecule has 0 radical (unpaired) electrons. The highest BCUT2D eigenvalue weighted by Crippen LogP contribution is 1.96. The molecule has 0 aromatic carbocycles. The molecule has 1 aromatic heterocycles. The van der Waals surface area contributed by atoms with Crippen molar-refractivity contribution in [3.63, 3.8) is 0 Å². The molecule has 4 nitrogen and oxygen atoms in total. The van der Waals surface area contributed by atoms with Crippen molar-refractivity contribution >= 4 is 0 Å². The second-order valence-corrected chi connectivity index (χ2v) is 2.50. The van der Waals surface area contributed by atoms with Gasteiger partial charge >= 0.3 is 0 Å². The van der Waals surface area contributed by atoms with Crippen molar-refractivity contribution in [2.75, 3.05) is 0 Å². The van der Waals surface area contributed by atoms with Gasteiger partial charge in [0.05, 0.1) is 6.10 Å². The summed E-state index contributed by atoms with van der Waals surface area (Å²) < 4.78 is 1.86. The zero-order chi connectivity index (χ0) is 8.10. The Morgan fingerprint density at radius 3 is 3.09 bits per heavy atom. The Morgan fingerprint density at radius 2 is 2.55 bits per heavy atom. The quantitative estimate of drug-likeness (QED) is 0.646. The zero-order valence-corrected chi connectivity index (χ0v) is 6.60. The van der Waals surface area contributed by atoms with Gasteiger partial charge in [-0.05, 0) is 19.4 Å². The predicted molar refractivity (Wildman–Crippen MR) is 41.6 cm³/mol. The van der Waals surface area contributed by atoms with Gasteiger partial charge in [0.2, 0.25) is 0 Å². The predicted octanol–water partition coefficient (Wildman–Crippen LogP) is 0.552. The fourth-order valence-electron chi connectivity index (χ4n) is 0.815. The normalized spacial score (nSPS) is 13.3. The fraction of sp³-hybridized carbons (Fsp3) is 0.571. The lowest BCUT2D eigenvalue weighted by molar-refractivity contribution is 0.0569. The maximum absolute atomic E-state index is 4.98. The van der Waals surface area contributed by atoms with Crippen molar-refractivity contribution in [3.05, 3.63) is 18.5 Å². The minimum atomic E-state index is 0.0965. The van der Waals surface area contributed by atoms with Crippen molar-refractivity contribution in [2.45, 2.75) is 26.0 Å². The third-order valence-corrected chi connectivity index (χ3v) is 1.56. The highest BCUT2D eigenvalue weighted by Gasteiger charge is 1.99. The first-order valence-corrected chi connectivity index (χ1v) is 3.66.